The molecule has 1 aliphatic heterocycles. The molecule has 0 aromatic carbocycles. The van der Waals surface area contributed by atoms with Crippen molar-refractivity contribution < 1.29 is 19.1 Å². The second-order valence-electron chi connectivity index (χ2n) is 7.58. The molecular weight excluding hydrogens is 430 g/mol. The summed E-state index contributed by atoms with van der Waals surface area (Å²) in [7, 11) is 0. The zero-order valence-electron chi connectivity index (χ0n) is 16.0. The largest absolute Gasteiger partial charge is 0.462 e. The Bertz CT molecular complexity index is 865. The highest BCUT2D eigenvalue weighted by atomic mass is 79.9. The van der Waals surface area contributed by atoms with E-state index in [1.54, 1.807) is 18.3 Å². The van der Waals surface area contributed by atoms with E-state index in [4.69, 9.17) is 15.2 Å². The van der Waals surface area contributed by atoms with Gasteiger partial charge in [-0.3, -0.25) is 4.79 Å². The van der Waals surface area contributed by atoms with Gasteiger partial charge in [-0.15, -0.1) is 11.3 Å². The monoisotopic (exact) mass is 453 g/mol. The second-order valence-corrected chi connectivity index (χ2v) is 9.61. The van der Waals surface area contributed by atoms with Gasteiger partial charge in [-0.25, -0.2) is 4.79 Å². The van der Waals surface area contributed by atoms with Crippen molar-refractivity contribution in [3.63, 3.8) is 0 Å². The van der Waals surface area contributed by atoms with Crippen molar-refractivity contribution in [1.29, 1.82) is 0 Å². The number of hydrogen-bond donors (Lipinski definition) is 1. The Kier molecular flexibility index (Phi) is 5.54. The summed E-state index contributed by atoms with van der Waals surface area (Å²) in [6, 6.07) is 1.98. The molecule has 0 saturated heterocycles. The van der Waals surface area contributed by atoms with Gasteiger partial charge in [-0.1, -0.05) is 20.8 Å². The van der Waals surface area contributed by atoms with Gasteiger partial charge >= 0.3 is 5.97 Å². The first-order valence-corrected chi connectivity index (χ1v) is 10.7. The van der Waals surface area contributed by atoms with Crippen molar-refractivity contribution in [2.45, 2.75) is 52.9 Å². The molecule has 1 aromatic heterocycles. The van der Waals surface area contributed by atoms with E-state index in [2.05, 4.69) is 22.9 Å². The van der Waals surface area contributed by atoms with Crippen LogP contribution in [0, 0.1) is 5.41 Å². The Labute approximate surface area is 171 Å². The van der Waals surface area contributed by atoms with Gasteiger partial charge < -0.3 is 15.2 Å². The van der Waals surface area contributed by atoms with Crippen molar-refractivity contribution in [3.05, 3.63) is 43.1 Å². The van der Waals surface area contributed by atoms with Gasteiger partial charge in [0, 0.05) is 32.6 Å². The fourth-order valence-electron chi connectivity index (χ4n) is 3.69. The normalized spacial score (nSPS) is 21.8. The van der Waals surface area contributed by atoms with Crippen LogP contribution in [0.2, 0.25) is 0 Å². The van der Waals surface area contributed by atoms with Crippen LogP contribution >= 0.6 is 27.3 Å². The number of thiophene rings is 1. The quantitative estimate of drug-likeness (QED) is 0.675. The molecular formula is C20H24BrNO4S. The molecule has 1 aliphatic carbocycles. The fraction of sp³-hybridized carbons (Fsp3) is 0.500. The lowest BCUT2D eigenvalue weighted by molar-refractivity contribution is -0.139. The van der Waals surface area contributed by atoms with Crippen molar-refractivity contribution in [1.82, 2.24) is 0 Å². The molecule has 27 heavy (non-hydrogen) atoms. The summed E-state index contributed by atoms with van der Waals surface area (Å²) >= 11 is 5.16. The molecule has 2 heterocycles. The van der Waals surface area contributed by atoms with Gasteiger partial charge in [0.2, 0.25) is 5.88 Å². The summed E-state index contributed by atoms with van der Waals surface area (Å²) in [5, 5.41) is 0. The van der Waals surface area contributed by atoms with E-state index in [1.165, 1.54) is 0 Å². The molecule has 7 heteroatoms. The van der Waals surface area contributed by atoms with Gasteiger partial charge in [0.15, 0.2) is 5.78 Å². The number of aryl methyl sites for hydroxylation is 1. The number of hydrogen-bond acceptors (Lipinski definition) is 6. The van der Waals surface area contributed by atoms with E-state index in [-0.39, 0.29) is 29.3 Å². The standard InChI is InChI=1S/C20H24BrNO4S/c1-5-13-10(21)7-14(27-13)16-15-11(23)8-20(3,4)9-12(15)26-18(22)17(16)19(24)25-6-2/h7,16H,5-6,8-9,22H2,1-4H3. The molecule has 0 amide bonds. The van der Waals surface area contributed by atoms with E-state index in [1.807, 2.05) is 19.9 Å². The summed E-state index contributed by atoms with van der Waals surface area (Å²) < 4.78 is 12.0. The number of allylic oxidation sites excluding steroid dienone is 2. The van der Waals surface area contributed by atoms with Crippen molar-refractivity contribution in [2.24, 2.45) is 11.1 Å². The van der Waals surface area contributed by atoms with Crippen molar-refractivity contribution >= 4 is 39.0 Å². The zero-order valence-corrected chi connectivity index (χ0v) is 18.4. The van der Waals surface area contributed by atoms with Gasteiger partial charge in [-0.2, -0.15) is 0 Å². The second kappa shape index (κ2) is 7.43. The van der Waals surface area contributed by atoms with Crippen LogP contribution in [-0.2, 0) is 25.5 Å². The molecule has 5 nitrogen and oxygen atoms in total. The van der Waals surface area contributed by atoms with E-state index >= 15 is 0 Å². The highest BCUT2D eigenvalue weighted by Gasteiger charge is 2.45. The first kappa shape index (κ1) is 20.1. The highest BCUT2D eigenvalue weighted by Crippen LogP contribution is 2.50. The van der Waals surface area contributed by atoms with Crippen LogP contribution in [0.15, 0.2) is 33.3 Å². The molecule has 2 aliphatic rings. The SMILES string of the molecule is CCOC(=O)C1=C(N)OC2=C(C(=O)CC(C)(C)C2)C1c1cc(Br)c(CC)s1. The Balaban J connectivity index is 2.18. The third-order valence-corrected chi connectivity index (χ3v) is 7.15. The van der Waals surface area contributed by atoms with E-state index in [0.29, 0.717) is 24.2 Å². The topological polar surface area (TPSA) is 78.6 Å². The number of nitrogens with two attached hydrogens (primary N) is 1. The number of Topliss-reactive ketones (excluding diaryl/α,β-unsaturated/α-hetero) is 1. The first-order valence-electron chi connectivity index (χ1n) is 9.07. The fourth-order valence-corrected chi connectivity index (χ4v) is 5.72. The molecule has 0 radical (unpaired) electrons. The van der Waals surface area contributed by atoms with E-state index in [0.717, 1.165) is 20.6 Å². The van der Waals surface area contributed by atoms with Crippen LogP contribution in [0.5, 0.6) is 0 Å². The minimum atomic E-state index is -0.544. The maximum Gasteiger partial charge on any atom is 0.340 e. The van der Waals surface area contributed by atoms with Gasteiger partial charge in [0.25, 0.3) is 0 Å². The molecule has 3 rings (SSSR count). The number of halogens is 1. The van der Waals surface area contributed by atoms with Crippen molar-refractivity contribution in [3.8, 4) is 0 Å². The predicted molar refractivity (Wildman–Crippen MR) is 108 cm³/mol. The lowest BCUT2D eigenvalue weighted by Crippen LogP contribution is -2.35. The van der Waals surface area contributed by atoms with Crippen LogP contribution in [0.3, 0.4) is 0 Å². The number of ketones is 1. The predicted octanol–water partition coefficient (Wildman–Crippen LogP) is 4.56. The highest BCUT2D eigenvalue weighted by molar-refractivity contribution is 9.10. The number of ether oxygens (including phenoxy) is 2. The average molecular weight is 454 g/mol. The zero-order chi connectivity index (χ0) is 19.9. The van der Waals surface area contributed by atoms with Crippen LogP contribution in [0.4, 0.5) is 0 Å². The lowest BCUT2D eigenvalue weighted by Gasteiger charge is -2.37. The third kappa shape index (κ3) is 3.72. The molecule has 146 valence electrons. The maximum atomic E-state index is 13.1. The first-order chi connectivity index (χ1) is 12.7. The molecule has 0 fully saturated rings. The summed E-state index contributed by atoms with van der Waals surface area (Å²) in [6.07, 6.45) is 1.87. The lowest BCUT2D eigenvalue weighted by atomic mass is 9.71. The molecule has 1 unspecified atom stereocenters. The van der Waals surface area contributed by atoms with Crippen LogP contribution in [-0.4, -0.2) is 18.4 Å². The summed E-state index contributed by atoms with van der Waals surface area (Å²) in [5.41, 5.74) is 6.73. The Hall–Kier alpha value is -1.60. The van der Waals surface area contributed by atoms with Gasteiger partial charge in [0.1, 0.15) is 11.3 Å². The van der Waals surface area contributed by atoms with E-state index < -0.39 is 11.9 Å². The average Bonchev–Trinajstić information content (AvgIpc) is 2.93. The molecule has 0 saturated carbocycles. The summed E-state index contributed by atoms with van der Waals surface area (Å²) in [6.45, 7) is 8.10. The van der Waals surface area contributed by atoms with Gasteiger partial charge in [0.05, 0.1) is 12.5 Å². The van der Waals surface area contributed by atoms with Crippen LogP contribution in [0.1, 0.15) is 56.2 Å². The van der Waals surface area contributed by atoms with Gasteiger partial charge in [-0.05, 0) is 40.8 Å². The minimum Gasteiger partial charge on any atom is -0.462 e. The Morgan fingerprint density at radius 3 is 2.70 bits per heavy atom. The molecule has 1 aromatic rings. The Morgan fingerprint density at radius 2 is 2.11 bits per heavy atom. The smallest absolute Gasteiger partial charge is 0.340 e. The summed E-state index contributed by atoms with van der Waals surface area (Å²) in [5.74, 6) is -0.465. The minimum absolute atomic E-state index is 0.00289. The van der Waals surface area contributed by atoms with Crippen molar-refractivity contribution in [2.75, 3.05) is 6.61 Å². The number of carbonyl (C=O) groups is 2. The maximum absolute atomic E-state index is 13.1. The molecule has 2 N–H and O–H groups in total. The molecule has 0 bridgehead atoms. The molecule has 0 spiro atoms. The third-order valence-electron chi connectivity index (χ3n) is 4.83. The van der Waals surface area contributed by atoms with Crippen LogP contribution < -0.4 is 5.73 Å². The number of rotatable bonds is 4. The number of esters is 1. The van der Waals surface area contributed by atoms with Crippen LogP contribution in [0.25, 0.3) is 0 Å². The Morgan fingerprint density at radius 1 is 1.41 bits per heavy atom. The number of carbonyl (C=O) groups excluding carboxylic acids is 2. The summed E-state index contributed by atoms with van der Waals surface area (Å²) in [4.78, 5) is 27.8. The van der Waals surface area contributed by atoms with E-state index in [9.17, 15) is 9.59 Å². The molecule has 1 atom stereocenters.